The van der Waals surface area contributed by atoms with Gasteiger partial charge in [0.25, 0.3) is 5.56 Å². The number of nitrogens with one attached hydrogen (secondary N) is 1. The van der Waals surface area contributed by atoms with E-state index in [1.807, 2.05) is 13.8 Å². The fraction of sp³-hybridized carbons (Fsp3) is 0.500. The molecule has 1 rings (SSSR count). The summed E-state index contributed by atoms with van der Waals surface area (Å²) in [5.74, 6) is 1.26. The zero-order valence-electron chi connectivity index (χ0n) is 7.66. The summed E-state index contributed by atoms with van der Waals surface area (Å²) in [6, 6.07) is 1.35. The van der Waals surface area contributed by atoms with Crippen molar-refractivity contribution in [2.24, 2.45) is 0 Å². The van der Waals surface area contributed by atoms with Crippen molar-refractivity contribution in [1.29, 1.82) is 0 Å². The Morgan fingerprint density at radius 1 is 1.62 bits per heavy atom. The Morgan fingerprint density at radius 2 is 2.38 bits per heavy atom. The van der Waals surface area contributed by atoms with Crippen molar-refractivity contribution >= 4 is 11.8 Å². The number of thioether (sulfide) groups is 1. The van der Waals surface area contributed by atoms with Crippen LogP contribution in [0.5, 0.6) is 5.88 Å². The van der Waals surface area contributed by atoms with Gasteiger partial charge in [-0.15, -0.1) is 0 Å². The number of ether oxygens (including phenoxy) is 1. The molecular weight excluding hydrogens is 188 g/mol. The summed E-state index contributed by atoms with van der Waals surface area (Å²) in [5, 5.41) is 0.610. The van der Waals surface area contributed by atoms with Crippen LogP contribution >= 0.6 is 11.8 Å². The summed E-state index contributed by atoms with van der Waals surface area (Å²) in [7, 11) is 0. The molecule has 0 spiro atoms. The SMILES string of the molecule is CCOc1cc(=O)[nH]c(SCC)n1. The second kappa shape index (κ2) is 4.91. The van der Waals surface area contributed by atoms with Gasteiger partial charge in [0.05, 0.1) is 12.7 Å². The summed E-state index contributed by atoms with van der Waals surface area (Å²) in [5.41, 5.74) is -0.172. The zero-order chi connectivity index (χ0) is 9.68. The summed E-state index contributed by atoms with van der Waals surface area (Å²) >= 11 is 1.48. The number of rotatable bonds is 4. The van der Waals surface area contributed by atoms with Gasteiger partial charge < -0.3 is 9.72 Å². The van der Waals surface area contributed by atoms with Crippen LogP contribution in [0.3, 0.4) is 0 Å². The first-order valence-electron chi connectivity index (χ1n) is 4.13. The predicted molar refractivity (Wildman–Crippen MR) is 52.4 cm³/mol. The van der Waals surface area contributed by atoms with Crippen LogP contribution in [0.15, 0.2) is 16.0 Å². The van der Waals surface area contributed by atoms with E-state index in [1.54, 1.807) is 0 Å². The lowest BCUT2D eigenvalue weighted by molar-refractivity contribution is 0.322. The third-order valence-electron chi connectivity index (χ3n) is 1.27. The van der Waals surface area contributed by atoms with Gasteiger partial charge in [-0.2, -0.15) is 4.98 Å². The lowest BCUT2D eigenvalue weighted by Crippen LogP contribution is -2.09. The molecule has 1 heterocycles. The van der Waals surface area contributed by atoms with Crippen LogP contribution in [-0.4, -0.2) is 22.3 Å². The molecule has 0 atom stereocenters. The number of hydrogen-bond acceptors (Lipinski definition) is 4. The van der Waals surface area contributed by atoms with Crippen molar-refractivity contribution in [2.75, 3.05) is 12.4 Å². The Labute approximate surface area is 80.7 Å². The van der Waals surface area contributed by atoms with Gasteiger partial charge in [0, 0.05) is 0 Å². The Balaban J connectivity index is 2.90. The number of aromatic nitrogens is 2. The maximum absolute atomic E-state index is 11.1. The molecule has 0 saturated heterocycles. The molecule has 0 radical (unpaired) electrons. The monoisotopic (exact) mass is 200 g/mol. The van der Waals surface area contributed by atoms with Crippen molar-refractivity contribution in [3.05, 3.63) is 16.4 Å². The molecule has 0 fully saturated rings. The van der Waals surface area contributed by atoms with Gasteiger partial charge in [-0.3, -0.25) is 4.79 Å². The minimum absolute atomic E-state index is 0.172. The summed E-state index contributed by atoms with van der Waals surface area (Å²) in [6.45, 7) is 4.38. The van der Waals surface area contributed by atoms with Crippen LogP contribution in [0.2, 0.25) is 0 Å². The van der Waals surface area contributed by atoms with Gasteiger partial charge in [-0.25, -0.2) is 0 Å². The third kappa shape index (κ3) is 3.10. The average Bonchev–Trinajstić information content (AvgIpc) is 2.04. The molecule has 0 saturated carbocycles. The van der Waals surface area contributed by atoms with E-state index in [-0.39, 0.29) is 5.56 Å². The van der Waals surface area contributed by atoms with Crippen LogP contribution in [-0.2, 0) is 0 Å². The molecule has 0 aromatic carbocycles. The molecule has 0 aliphatic rings. The third-order valence-corrected chi connectivity index (χ3v) is 2.03. The summed E-state index contributed by atoms with van der Waals surface area (Å²) in [6.07, 6.45) is 0. The van der Waals surface area contributed by atoms with E-state index in [0.29, 0.717) is 17.6 Å². The molecule has 4 nitrogen and oxygen atoms in total. The van der Waals surface area contributed by atoms with Gasteiger partial charge in [-0.1, -0.05) is 18.7 Å². The molecule has 0 bridgehead atoms. The van der Waals surface area contributed by atoms with Crippen LogP contribution in [0.4, 0.5) is 0 Å². The second-order valence-electron chi connectivity index (χ2n) is 2.25. The molecule has 0 amide bonds. The number of nitrogens with zero attached hydrogens (tertiary/aromatic N) is 1. The Bertz CT molecular complexity index is 297. The van der Waals surface area contributed by atoms with Crippen molar-refractivity contribution in [1.82, 2.24) is 9.97 Å². The number of H-pyrrole nitrogens is 1. The van der Waals surface area contributed by atoms with Gasteiger partial charge >= 0.3 is 0 Å². The molecule has 1 aromatic heterocycles. The highest BCUT2D eigenvalue weighted by Crippen LogP contribution is 2.12. The smallest absolute Gasteiger partial charge is 0.255 e. The maximum atomic E-state index is 11.1. The van der Waals surface area contributed by atoms with Gasteiger partial charge in [0.2, 0.25) is 5.88 Å². The lowest BCUT2D eigenvalue weighted by atomic mass is 10.6. The first-order valence-corrected chi connectivity index (χ1v) is 5.11. The largest absolute Gasteiger partial charge is 0.478 e. The Kier molecular flexibility index (Phi) is 3.82. The van der Waals surface area contributed by atoms with Gasteiger partial charge in [0.15, 0.2) is 5.16 Å². The molecule has 72 valence electrons. The van der Waals surface area contributed by atoms with Crippen LogP contribution in [0.25, 0.3) is 0 Å². The van der Waals surface area contributed by atoms with E-state index in [4.69, 9.17) is 4.74 Å². The molecule has 0 unspecified atom stereocenters. The van der Waals surface area contributed by atoms with Crippen molar-refractivity contribution < 1.29 is 4.74 Å². The maximum Gasteiger partial charge on any atom is 0.255 e. The topological polar surface area (TPSA) is 55.0 Å². The predicted octanol–water partition coefficient (Wildman–Crippen LogP) is 1.28. The standard InChI is InChI=1S/C8H12N2O2S/c1-3-12-7-5-6(11)9-8(10-7)13-4-2/h5H,3-4H2,1-2H3,(H,9,10,11). The highest BCUT2D eigenvalue weighted by Gasteiger charge is 2.00. The van der Waals surface area contributed by atoms with Crippen LogP contribution < -0.4 is 10.3 Å². The van der Waals surface area contributed by atoms with E-state index < -0.39 is 0 Å². The minimum Gasteiger partial charge on any atom is -0.478 e. The summed E-state index contributed by atoms with van der Waals surface area (Å²) in [4.78, 5) is 17.8. The van der Waals surface area contributed by atoms with Gasteiger partial charge in [-0.05, 0) is 12.7 Å². The normalized spacial score (nSPS) is 10.0. The van der Waals surface area contributed by atoms with Crippen molar-refractivity contribution in [3.63, 3.8) is 0 Å². The van der Waals surface area contributed by atoms with Gasteiger partial charge in [0.1, 0.15) is 0 Å². The van der Waals surface area contributed by atoms with E-state index in [1.165, 1.54) is 17.8 Å². The molecule has 1 N–H and O–H groups in total. The first-order chi connectivity index (χ1) is 6.26. The number of aromatic amines is 1. The highest BCUT2D eigenvalue weighted by molar-refractivity contribution is 7.99. The molecule has 0 aliphatic carbocycles. The van der Waals surface area contributed by atoms with Crippen molar-refractivity contribution in [3.8, 4) is 5.88 Å². The van der Waals surface area contributed by atoms with E-state index in [9.17, 15) is 4.79 Å². The Hall–Kier alpha value is -0.970. The molecule has 0 aliphatic heterocycles. The lowest BCUT2D eigenvalue weighted by Gasteiger charge is -2.02. The molecule has 5 heteroatoms. The van der Waals surface area contributed by atoms with E-state index in [0.717, 1.165) is 5.75 Å². The van der Waals surface area contributed by atoms with E-state index in [2.05, 4.69) is 9.97 Å². The summed E-state index contributed by atoms with van der Waals surface area (Å²) < 4.78 is 5.13. The molecular formula is C8H12N2O2S. The molecule has 13 heavy (non-hydrogen) atoms. The van der Waals surface area contributed by atoms with Crippen LogP contribution in [0, 0.1) is 0 Å². The zero-order valence-corrected chi connectivity index (χ0v) is 8.48. The van der Waals surface area contributed by atoms with Crippen molar-refractivity contribution in [2.45, 2.75) is 19.0 Å². The van der Waals surface area contributed by atoms with E-state index >= 15 is 0 Å². The highest BCUT2D eigenvalue weighted by atomic mass is 32.2. The second-order valence-corrected chi connectivity index (χ2v) is 3.51. The Morgan fingerprint density at radius 3 is 3.00 bits per heavy atom. The quantitative estimate of drug-likeness (QED) is 0.587. The fourth-order valence-electron chi connectivity index (χ4n) is 0.841. The minimum atomic E-state index is -0.172. The van der Waals surface area contributed by atoms with Crippen LogP contribution in [0.1, 0.15) is 13.8 Å². The molecule has 1 aromatic rings. The fourth-order valence-corrected chi connectivity index (χ4v) is 1.44. The average molecular weight is 200 g/mol. The first kappa shape index (κ1) is 10.1. The number of hydrogen-bond donors (Lipinski definition) is 1.